The maximum Gasteiger partial charge on any atom is 0.148 e. The summed E-state index contributed by atoms with van der Waals surface area (Å²) in [7, 11) is 0. The van der Waals surface area contributed by atoms with Gasteiger partial charge in [0.05, 0.1) is 5.69 Å². The minimum absolute atomic E-state index is 0.227. The molecule has 0 aliphatic rings. The van der Waals surface area contributed by atoms with Crippen LogP contribution in [-0.4, -0.2) is 4.98 Å². The fourth-order valence-electron chi connectivity index (χ4n) is 1.48. The number of nitriles is 1. The Hall–Kier alpha value is -2.05. The van der Waals surface area contributed by atoms with Gasteiger partial charge in [-0.2, -0.15) is 5.26 Å². The number of rotatable bonds is 3. The van der Waals surface area contributed by atoms with Gasteiger partial charge in [0.1, 0.15) is 16.8 Å². The molecule has 3 nitrogen and oxygen atoms in total. The largest absolute Gasteiger partial charge is 0.380 e. The van der Waals surface area contributed by atoms with Gasteiger partial charge in [0, 0.05) is 12.7 Å². The second-order valence-electron chi connectivity index (χ2n) is 3.48. The number of hydrogen-bond acceptors (Lipinski definition) is 3. The number of benzene rings is 1. The van der Waals surface area contributed by atoms with Crippen molar-refractivity contribution in [3.05, 3.63) is 58.9 Å². The second-order valence-corrected chi connectivity index (χ2v) is 3.83. The van der Waals surface area contributed by atoms with E-state index in [2.05, 4.69) is 10.3 Å². The van der Waals surface area contributed by atoms with Gasteiger partial charge in [0.25, 0.3) is 0 Å². The summed E-state index contributed by atoms with van der Waals surface area (Å²) < 4.78 is 0. The van der Waals surface area contributed by atoms with E-state index >= 15 is 0 Å². The number of anilines is 1. The number of hydrogen-bond donors (Lipinski definition) is 1. The van der Waals surface area contributed by atoms with Crippen molar-refractivity contribution >= 4 is 17.3 Å². The normalized spacial score (nSPS) is 9.65. The summed E-state index contributed by atoms with van der Waals surface area (Å²) in [5, 5.41) is 12.4. The van der Waals surface area contributed by atoms with E-state index in [0.717, 1.165) is 5.56 Å². The predicted molar refractivity (Wildman–Crippen MR) is 67.7 cm³/mol. The summed E-state index contributed by atoms with van der Waals surface area (Å²) in [6.07, 6.45) is 1.58. The van der Waals surface area contributed by atoms with Gasteiger partial charge in [0.15, 0.2) is 0 Å². The molecule has 0 bridgehead atoms. The topological polar surface area (TPSA) is 48.7 Å². The first-order valence-corrected chi connectivity index (χ1v) is 5.51. The molecular weight excluding hydrogens is 234 g/mol. The van der Waals surface area contributed by atoms with Crippen LogP contribution in [0.3, 0.4) is 0 Å². The van der Waals surface area contributed by atoms with Crippen molar-refractivity contribution in [1.82, 2.24) is 4.98 Å². The number of nitrogens with zero attached hydrogens (tertiary/aromatic N) is 2. The van der Waals surface area contributed by atoms with Gasteiger partial charge in [-0.25, -0.2) is 4.98 Å². The molecule has 1 heterocycles. The molecule has 0 saturated heterocycles. The van der Waals surface area contributed by atoms with Gasteiger partial charge in [-0.3, -0.25) is 0 Å². The van der Waals surface area contributed by atoms with Crippen LogP contribution in [0.15, 0.2) is 42.6 Å². The fraction of sp³-hybridized carbons (Fsp3) is 0.0769. The monoisotopic (exact) mass is 243 g/mol. The maximum atomic E-state index is 8.98. The molecule has 0 aliphatic carbocycles. The summed E-state index contributed by atoms with van der Waals surface area (Å²) >= 11 is 5.84. The zero-order chi connectivity index (χ0) is 12.1. The molecule has 0 spiro atoms. The molecule has 2 aromatic rings. The third-order valence-electron chi connectivity index (χ3n) is 2.34. The predicted octanol–water partition coefficient (Wildman–Crippen LogP) is 3.22. The summed E-state index contributed by atoms with van der Waals surface area (Å²) in [6.45, 7) is 0.649. The Bertz CT molecular complexity index is 546. The molecular formula is C13H10ClN3. The molecule has 0 radical (unpaired) electrons. The van der Waals surface area contributed by atoms with Crippen LogP contribution < -0.4 is 5.32 Å². The van der Waals surface area contributed by atoms with Crippen molar-refractivity contribution in [2.24, 2.45) is 0 Å². The van der Waals surface area contributed by atoms with Crippen LogP contribution in [0.1, 0.15) is 11.1 Å². The average Bonchev–Trinajstić information content (AvgIpc) is 2.37. The Morgan fingerprint density at radius 3 is 2.71 bits per heavy atom. The highest BCUT2D eigenvalue weighted by atomic mass is 35.5. The Balaban J connectivity index is 2.15. The van der Waals surface area contributed by atoms with Gasteiger partial charge in [-0.15, -0.1) is 0 Å². The van der Waals surface area contributed by atoms with Crippen LogP contribution in [-0.2, 0) is 6.54 Å². The first-order chi connectivity index (χ1) is 8.31. The second kappa shape index (κ2) is 5.33. The van der Waals surface area contributed by atoms with Crippen molar-refractivity contribution in [3.63, 3.8) is 0 Å². The van der Waals surface area contributed by atoms with Gasteiger partial charge in [-0.05, 0) is 11.6 Å². The molecule has 0 fully saturated rings. The van der Waals surface area contributed by atoms with Crippen molar-refractivity contribution in [1.29, 1.82) is 5.26 Å². The van der Waals surface area contributed by atoms with E-state index in [1.807, 2.05) is 36.4 Å². The Kier molecular flexibility index (Phi) is 3.59. The lowest BCUT2D eigenvalue weighted by molar-refractivity contribution is 1.14. The van der Waals surface area contributed by atoms with Crippen molar-refractivity contribution in [2.45, 2.75) is 6.54 Å². The van der Waals surface area contributed by atoms with Gasteiger partial charge >= 0.3 is 0 Å². The third kappa shape index (κ3) is 2.74. The molecule has 2 rings (SSSR count). The maximum absolute atomic E-state index is 8.98. The third-order valence-corrected chi connectivity index (χ3v) is 2.63. The van der Waals surface area contributed by atoms with Crippen molar-refractivity contribution in [2.75, 3.05) is 5.32 Å². The molecule has 0 unspecified atom stereocenters. The van der Waals surface area contributed by atoms with Crippen LogP contribution >= 0.6 is 11.6 Å². The van der Waals surface area contributed by atoms with E-state index < -0.39 is 0 Å². The number of pyridine rings is 1. The lowest BCUT2D eigenvalue weighted by Gasteiger charge is -2.08. The Morgan fingerprint density at radius 1 is 1.24 bits per heavy atom. The number of nitrogens with one attached hydrogen (secondary N) is 1. The zero-order valence-corrected chi connectivity index (χ0v) is 9.78. The molecule has 0 aliphatic heterocycles. The van der Waals surface area contributed by atoms with Crippen molar-refractivity contribution in [3.8, 4) is 6.07 Å². The quantitative estimate of drug-likeness (QED) is 0.842. The lowest BCUT2D eigenvalue weighted by atomic mass is 10.2. The van der Waals surface area contributed by atoms with Crippen LogP contribution in [0, 0.1) is 11.3 Å². The van der Waals surface area contributed by atoms with E-state index in [9.17, 15) is 0 Å². The summed E-state index contributed by atoms with van der Waals surface area (Å²) in [4.78, 5) is 3.87. The average molecular weight is 244 g/mol. The molecule has 1 N–H and O–H groups in total. The van der Waals surface area contributed by atoms with Crippen molar-refractivity contribution < 1.29 is 0 Å². The van der Waals surface area contributed by atoms with Crippen LogP contribution in [0.25, 0.3) is 0 Å². The minimum Gasteiger partial charge on any atom is -0.380 e. The summed E-state index contributed by atoms with van der Waals surface area (Å²) in [6, 6.07) is 13.7. The first kappa shape index (κ1) is 11.4. The first-order valence-electron chi connectivity index (χ1n) is 5.13. The number of halogens is 1. The zero-order valence-electron chi connectivity index (χ0n) is 9.02. The molecule has 4 heteroatoms. The van der Waals surface area contributed by atoms with E-state index in [0.29, 0.717) is 17.8 Å². The molecule has 1 aromatic carbocycles. The summed E-state index contributed by atoms with van der Waals surface area (Å²) in [5.41, 5.74) is 2.23. The summed E-state index contributed by atoms with van der Waals surface area (Å²) in [5.74, 6) is 0. The smallest absolute Gasteiger partial charge is 0.148 e. The Morgan fingerprint density at radius 2 is 2.00 bits per heavy atom. The standard InChI is InChI=1S/C13H10ClN3/c14-13-11(8-15)12(6-7-16-13)17-9-10-4-2-1-3-5-10/h1-7H,9H2,(H,16,17). The van der Waals surface area contributed by atoms with E-state index in [4.69, 9.17) is 16.9 Å². The molecule has 0 atom stereocenters. The van der Waals surface area contributed by atoms with Gasteiger partial charge in [0.2, 0.25) is 0 Å². The SMILES string of the molecule is N#Cc1c(NCc2ccccc2)ccnc1Cl. The van der Waals surface area contributed by atoms with Gasteiger partial charge < -0.3 is 5.32 Å². The highest BCUT2D eigenvalue weighted by molar-refractivity contribution is 6.30. The van der Waals surface area contributed by atoms with E-state index in [1.54, 1.807) is 12.3 Å². The highest BCUT2D eigenvalue weighted by Gasteiger charge is 2.06. The van der Waals surface area contributed by atoms with Crippen LogP contribution in [0.2, 0.25) is 5.15 Å². The molecule has 1 aromatic heterocycles. The Labute approximate surface area is 105 Å². The molecule has 0 saturated carbocycles. The fourth-order valence-corrected chi connectivity index (χ4v) is 1.68. The van der Waals surface area contributed by atoms with E-state index in [-0.39, 0.29) is 5.15 Å². The minimum atomic E-state index is 0.227. The highest BCUT2D eigenvalue weighted by Crippen LogP contribution is 2.21. The van der Waals surface area contributed by atoms with Crippen LogP contribution in [0.5, 0.6) is 0 Å². The van der Waals surface area contributed by atoms with Crippen LogP contribution in [0.4, 0.5) is 5.69 Å². The molecule has 17 heavy (non-hydrogen) atoms. The molecule has 84 valence electrons. The van der Waals surface area contributed by atoms with Gasteiger partial charge in [-0.1, -0.05) is 41.9 Å². The van der Waals surface area contributed by atoms with E-state index in [1.165, 1.54) is 0 Å². The number of aromatic nitrogens is 1. The molecule has 0 amide bonds. The lowest BCUT2D eigenvalue weighted by Crippen LogP contribution is -2.01.